The van der Waals surface area contributed by atoms with Crippen molar-refractivity contribution in [3.8, 4) is 5.69 Å². The molecule has 33 heavy (non-hydrogen) atoms. The maximum Gasteiger partial charge on any atom is 0.256 e. The molecule has 1 aliphatic heterocycles. The summed E-state index contributed by atoms with van der Waals surface area (Å²) in [6.45, 7) is 2.08. The van der Waals surface area contributed by atoms with Crippen LogP contribution < -0.4 is 10.2 Å². The fraction of sp³-hybridized carbons (Fsp3) is 0.208. The Balaban J connectivity index is 1.27. The number of carbonyl (C=O) groups excluding carboxylic acids is 1. The Morgan fingerprint density at radius 3 is 2.55 bits per heavy atom. The van der Waals surface area contributed by atoms with E-state index in [2.05, 4.69) is 30.7 Å². The zero-order chi connectivity index (χ0) is 22.5. The van der Waals surface area contributed by atoms with E-state index in [0.29, 0.717) is 22.8 Å². The number of aromatic nitrogens is 5. The van der Waals surface area contributed by atoms with Gasteiger partial charge in [-0.05, 0) is 59.7 Å². The van der Waals surface area contributed by atoms with Crippen molar-refractivity contribution in [2.45, 2.75) is 23.5 Å². The zero-order valence-electron chi connectivity index (χ0n) is 18.0. The number of hydrogen-bond donors (Lipinski definition) is 1. The van der Waals surface area contributed by atoms with Gasteiger partial charge < -0.3 is 10.2 Å². The number of carbonyl (C=O) groups is 1. The largest absolute Gasteiger partial charge is 0.357 e. The van der Waals surface area contributed by atoms with Gasteiger partial charge in [-0.3, -0.25) is 4.79 Å². The van der Waals surface area contributed by atoms with Crippen molar-refractivity contribution >= 4 is 29.2 Å². The second-order valence-corrected chi connectivity index (χ2v) is 8.70. The second kappa shape index (κ2) is 9.83. The smallest absolute Gasteiger partial charge is 0.256 e. The standard InChI is InChI=1S/C24H23N7OS/c32-24(26-18-12-13-22(25-16-18)30-14-6-7-15-30)20-10-4-5-11-21(20)33-17-23-27-28-29-31(23)19-8-2-1-3-9-19/h1-5,8-13,16H,6-7,14-15,17H2,(H,26,32). The quantitative estimate of drug-likeness (QED) is 0.416. The van der Waals surface area contributed by atoms with E-state index in [4.69, 9.17) is 0 Å². The third-order valence-corrected chi connectivity index (χ3v) is 6.53. The molecule has 1 saturated heterocycles. The van der Waals surface area contributed by atoms with Crippen LogP contribution in [0.4, 0.5) is 11.5 Å². The Hall–Kier alpha value is -3.72. The van der Waals surface area contributed by atoms with Gasteiger partial charge in [0.15, 0.2) is 5.82 Å². The summed E-state index contributed by atoms with van der Waals surface area (Å²) in [5.74, 6) is 2.02. The molecule has 3 heterocycles. The molecule has 0 saturated carbocycles. The number of nitrogens with one attached hydrogen (secondary N) is 1. The van der Waals surface area contributed by atoms with Crippen LogP contribution in [-0.2, 0) is 5.75 Å². The van der Waals surface area contributed by atoms with E-state index in [-0.39, 0.29) is 5.91 Å². The summed E-state index contributed by atoms with van der Waals surface area (Å²) in [5.41, 5.74) is 2.18. The summed E-state index contributed by atoms with van der Waals surface area (Å²) in [6.07, 6.45) is 4.12. The van der Waals surface area contributed by atoms with Gasteiger partial charge in [0, 0.05) is 18.0 Å². The first-order chi connectivity index (χ1) is 16.3. The monoisotopic (exact) mass is 457 g/mol. The highest BCUT2D eigenvalue weighted by molar-refractivity contribution is 7.98. The average molecular weight is 458 g/mol. The van der Waals surface area contributed by atoms with Crippen molar-refractivity contribution < 1.29 is 4.79 Å². The molecular weight excluding hydrogens is 434 g/mol. The second-order valence-electron chi connectivity index (χ2n) is 7.68. The molecule has 0 atom stereocenters. The summed E-state index contributed by atoms with van der Waals surface area (Å²) >= 11 is 1.53. The van der Waals surface area contributed by atoms with E-state index >= 15 is 0 Å². The van der Waals surface area contributed by atoms with Crippen molar-refractivity contribution in [2.75, 3.05) is 23.3 Å². The molecule has 4 aromatic rings. The van der Waals surface area contributed by atoms with Crippen molar-refractivity contribution in [2.24, 2.45) is 0 Å². The predicted molar refractivity (Wildman–Crippen MR) is 129 cm³/mol. The summed E-state index contributed by atoms with van der Waals surface area (Å²) in [4.78, 5) is 20.7. The fourth-order valence-corrected chi connectivity index (χ4v) is 4.74. The third kappa shape index (κ3) is 4.88. The Morgan fingerprint density at radius 1 is 0.970 bits per heavy atom. The van der Waals surface area contributed by atoms with Crippen LogP contribution in [0.1, 0.15) is 29.0 Å². The van der Waals surface area contributed by atoms with Gasteiger partial charge in [-0.2, -0.15) is 4.68 Å². The van der Waals surface area contributed by atoms with Crippen molar-refractivity contribution in [1.29, 1.82) is 0 Å². The van der Waals surface area contributed by atoms with Gasteiger partial charge in [0.05, 0.1) is 28.9 Å². The maximum absolute atomic E-state index is 13.0. The molecule has 2 aromatic carbocycles. The molecule has 1 N–H and O–H groups in total. The first-order valence-corrected chi connectivity index (χ1v) is 11.8. The van der Waals surface area contributed by atoms with Gasteiger partial charge in [-0.1, -0.05) is 30.3 Å². The number of anilines is 2. The van der Waals surface area contributed by atoms with Crippen LogP contribution in [0.3, 0.4) is 0 Å². The molecule has 2 aromatic heterocycles. The lowest BCUT2D eigenvalue weighted by Crippen LogP contribution is -2.19. The number of hydrogen-bond acceptors (Lipinski definition) is 7. The lowest BCUT2D eigenvalue weighted by molar-refractivity contribution is 0.102. The number of nitrogens with zero attached hydrogens (tertiary/aromatic N) is 6. The lowest BCUT2D eigenvalue weighted by Gasteiger charge is -2.16. The minimum absolute atomic E-state index is 0.170. The highest BCUT2D eigenvalue weighted by Gasteiger charge is 2.16. The van der Waals surface area contributed by atoms with E-state index in [1.54, 1.807) is 10.9 Å². The minimum Gasteiger partial charge on any atom is -0.357 e. The first-order valence-electron chi connectivity index (χ1n) is 10.8. The maximum atomic E-state index is 13.0. The normalized spacial score (nSPS) is 13.3. The number of para-hydroxylation sites is 1. The number of tetrazole rings is 1. The highest BCUT2D eigenvalue weighted by atomic mass is 32.2. The molecule has 1 amide bonds. The molecule has 8 nitrogen and oxygen atoms in total. The fourth-order valence-electron chi connectivity index (χ4n) is 3.78. The zero-order valence-corrected chi connectivity index (χ0v) is 18.8. The average Bonchev–Trinajstić information content (AvgIpc) is 3.56. The summed E-state index contributed by atoms with van der Waals surface area (Å²) < 4.78 is 1.71. The number of rotatable bonds is 7. The first kappa shape index (κ1) is 21.1. The highest BCUT2D eigenvalue weighted by Crippen LogP contribution is 2.27. The Kier molecular flexibility index (Phi) is 6.30. The van der Waals surface area contributed by atoms with Crippen LogP contribution in [0, 0.1) is 0 Å². The molecule has 0 bridgehead atoms. The number of thioether (sulfide) groups is 1. The SMILES string of the molecule is O=C(Nc1ccc(N2CCCC2)nc1)c1ccccc1SCc1nnnn1-c1ccccc1. The number of amides is 1. The van der Waals surface area contributed by atoms with Gasteiger partial charge in [0.1, 0.15) is 5.82 Å². The van der Waals surface area contributed by atoms with Gasteiger partial charge >= 0.3 is 0 Å². The number of pyridine rings is 1. The molecule has 0 aliphatic carbocycles. The van der Waals surface area contributed by atoms with Crippen LogP contribution in [0.15, 0.2) is 77.8 Å². The summed E-state index contributed by atoms with van der Waals surface area (Å²) in [6, 6.07) is 21.2. The van der Waals surface area contributed by atoms with E-state index in [9.17, 15) is 4.79 Å². The number of benzene rings is 2. The van der Waals surface area contributed by atoms with Crippen LogP contribution in [-0.4, -0.2) is 44.2 Å². The minimum atomic E-state index is -0.170. The molecule has 1 fully saturated rings. The molecule has 0 spiro atoms. The summed E-state index contributed by atoms with van der Waals surface area (Å²) in [5, 5.41) is 15.0. The van der Waals surface area contributed by atoms with Crippen LogP contribution >= 0.6 is 11.8 Å². The van der Waals surface area contributed by atoms with E-state index in [1.807, 2.05) is 66.7 Å². The Bertz CT molecular complexity index is 1220. The summed E-state index contributed by atoms with van der Waals surface area (Å²) in [7, 11) is 0. The van der Waals surface area contributed by atoms with Gasteiger partial charge in [0.2, 0.25) is 0 Å². The lowest BCUT2D eigenvalue weighted by atomic mass is 10.2. The van der Waals surface area contributed by atoms with Gasteiger partial charge in [-0.15, -0.1) is 16.9 Å². The van der Waals surface area contributed by atoms with Crippen LogP contribution in [0.2, 0.25) is 0 Å². The molecule has 0 unspecified atom stereocenters. The molecular formula is C24H23N7OS. The Morgan fingerprint density at radius 2 is 1.76 bits per heavy atom. The van der Waals surface area contributed by atoms with Gasteiger partial charge in [0.25, 0.3) is 5.91 Å². The van der Waals surface area contributed by atoms with Gasteiger partial charge in [-0.25, -0.2) is 4.98 Å². The molecule has 166 valence electrons. The van der Waals surface area contributed by atoms with Crippen molar-refractivity contribution in [1.82, 2.24) is 25.2 Å². The van der Waals surface area contributed by atoms with E-state index in [0.717, 1.165) is 29.5 Å². The Labute approximate surface area is 196 Å². The van der Waals surface area contributed by atoms with Crippen LogP contribution in [0.5, 0.6) is 0 Å². The van der Waals surface area contributed by atoms with E-state index < -0.39 is 0 Å². The predicted octanol–water partition coefficient (Wildman–Crippen LogP) is 4.20. The molecule has 5 rings (SSSR count). The van der Waals surface area contributed by atoms with Crippen molar-refractivity contribution in [3.63, 3.8) is 0 Å². The third-order valence-electron chi connectivity index (χ3n) is 5.46. The molecule has 1 aliphatic rings. The van der Waals surface area contributed by atoms with Crippen molar-refractivity contribution in [3.05, 3.63) is 84.3 Å². The molecule has 9 heteroatoms. The van der Waals surface area contributed by atoms with E-state index in [1.165, 1.54) is 24.6 Å². The van der Waals surface area contributed by atoms with Crippen LogP contribution in [0.25, 0.3) is 5.69 Å². The molecule has 0 radical (unpaired) electrons. The topological polar surface area (TPSA) is 88.8 Å².